The zero-order chi connectivity index (χ0) is 19.8. The molecule has 2 aromatic rings. The minimum atomic E-state index is -4.02. The lowest BCUT2D eigenvalue weighted by atomic mass is 9.95. The minimum absolute atomic E-state index is 0.201. The first kappa shape index (κ1) is 19.5. The van der Waals surface area contributed by atoms with Crippen molar-refractivity contribution in [2.75, 3.05) is 10.8 Å². The summed E-state index contributed by atoms with van der Waals surface area (Å²) in [5, 5.41) is 3.20. The molecule has 27 heavy (non-hydrogen) atoms. The van der Waals surface area contributed by atoms with Crippen LogP contribution in [-0.4, -0.2) is 26.9 Å². The van der Waals surface area contributed by atoms with Crippen LogP contribution in [0.4, 0.5) is 5.69 Å². The fourth-order valence-corrected chi connectivity index (χ4v) is 5.14. The molecule has 1 N–H and O–H groups in total. The molecule has 0 radical (unpaired) electrons. The first-order valence-electron chi connectivity index (χ1n) is 8.70. The van der Waals surface area contributed by atoms with Crippen molar-refractivity contribution in [3.8, 4) is 0 Å². The van der Waals surface area contributed by atoms with Gasteiger partial charge in [0.2, 0.25) is 0 Å². The first-order valence-corrected chi connectivity index (χ1v) is 10.5. The van der Waals surface area contributed by atoms with E-state index in [9.17, 15) is 13.2 Å². The van der Waals surface area contributed by atoms with Crippen LogP contribution < -0.4 is 9.62 Å². The number of carbonyl (C=O) groups is 1. The number of hydrogen-bond acceptors (Lipinski definition) is 3. The number of benzene rings is 2. The lowest BCUT2D eigenvalue weighted by Crippen LogP contribution is -2.42. The van der Waals surface area contributed by atoms with Gasteiger partial charge in [-0.25, -0.2) is 8.42 Å². The Morgan fingerprint density at radius 2 is 1.81 bits per heavy atom. The molecule has 5 nitrogen and oxygen atoms in total. The van der Waals surface area contributed by atoms with Gasteiger partial charge in [-0.3, -0.25) is 9.10 Å². The molecule has 0 aliphatic carbocycles. The monoisotopic (exact) mass is 404 g/mol. The summed E-state index contributed by atoms with van der Waals surface area (Å²) in [6, 6.07) is 13.9. The van der Waals surface area contributed by atoms with Crippen molar-refractivity contribution in [3.05, 3.63) is 69.6 Å². The van der Waals surface area contributed by atoms with E-state index in [1.807, 2.05) is 18.2 Å². The molecule has 1 heterocycles. The number of halogens is 1. The van der Waals surface area contributed by atoms with Crippen molar-refractivity contribution in [1.82, 2.24) is 5.32 Å². The number of rotatable bonds is 4. The van der Waals surface area contributed by atoms with Crippen molar-refractivity contribution < 1.29 is 13.2 Å². The third-order valence-corrected chi connectivity index (χ3v) is 6.42. The van der Waals surface area contributed by atoms with Gasteiger partial charge in [0, 0.05) is 28.7 Å². The summed E-state index contributed by atoms with van der Waals surface area (Å²) in [4.78, 5) is 12.7. The molecule has 0 aromatic heterocycles. The molecule has 142 valence electrons. The lowest BCUT2D eigenvalue weighted by molar-refractivity contribution is -0.117. The molecule has 0 atom stereocenters. The van der Waals surface area contributed by atoms with E-state index >= 15 is 0 Å². The van der Waals surface area contributed by atoms with Gasteiger partial charge in [0.25, 0.3) is 15.9 Å². The summed E-state index contributed by atoms with van der Waals surface area (Å²) in [6.45, 7) is 5.52. The highest BCUT2D eigenvalue weighted by Gasteiger charge is 2.40. The van der Waals surface area contributed by atoms with Gasteiger partial charge in [-0.05, 0) is 44.5 Å². The van der Waals surface area contributed by atoms with Gasteiger partial charge < -0.3 is 5.32 Å². The highest BCUT2D eigenvalue weighted by atomic mass is 35.5. The van der Waals surface area contributed by atoms with Crippen molar-refractivity contribution in [2.45, 2.75) is 26.8 Å². The second-order valence-corrected chi connectivity index (χ2v) is 8.77. The van der Waals surface area contributed by atoms with Gasteiger partial charge in [-0.1, -0.05) is 41.9 Å². The Morgan fingerprint density at radius 1 is 1.15 bits per heavy atom. The number of fused-ring (bicyclic) bond motifs is 1. The molecule has 1 aliphatic heterocycles. The molecule has 7 heteroatoms. The molecule has 2 aromatic carbocycles. The summed E-state index contributed by atoms with van der Waals surface area (Å²) >= 11 is 6.21. The quantitative estimate of drug-likeness (QED) is 0.842. The van der Waals surface area contributed by atoms with Crippen LogP contribution in [-0.2, 0) is 14.8 Å². The van der Waals surface area contributed by atoms with Crippen LogP contribution >= 0.6 is 11.6 Å². The Kier molecular flexibility index (Phi) is 5.31. The summed E-state index contributed by atoms with van der Waals surface area (Å²) in [5.74, 6) is -0.618. The number of nitrogens with zero attached hydrogens (tertiary/aromatic N) is 1. The lowest BCUT2D eigenvalue weighted by Gasteiger charge is -2.33. The Bertz CT molecular complexity index is 1010. The van der Waals surface area contributed by atoms with E-state index in [4.69, 9.17) is 11.6 Å². The number of carbonyl (C=O) groups excluding carboxylic acids is 1. The summed E-state index contributed by atoms with van der Waals surface area (Å²) in [7, 11) is -4.02. The Labute approximate surface area is 164 Å². The third-order valence-electron chi connectivity index (χ3n) is 4.25. The van der Waals surface area contributed by atoms with Crippen LogP contribution in [0.3, 0.4) is 0 Å². The number of hydrogen-bond donors (Lipinski definition) is 1. The molecule has 0 spiro atoms. The number of sulfonamides is 1. The SMILES string of the molecule is CCN1c2ccc(Cl)cc2C(c2ccccc2)=C(C(=O)NC(C)C)S1(=O)=O. The minimum Gasteiger partial charge on any atom is -0.349 e. The highest BCUT2D eigenvalue weighted by Crippen LogP contribution is 2.43. The second-order valence-electron chi connectivity index (χ2n) is 6.53. The van der Waals surface area contributed by atoms with Crippen molar-refractivity contribution in [2.24, 2.45) is 0 Å². The topological polar surface area (TPSA) is 66.5 Å². The Balaban J connectivity index is 2.43. The van der Waals surface area contributed by atoms with Gasteiger partial charge in [-0.2, -0.15) is 0 Å². The molecule has 3 rings (SSSR count). The number of anilines is 1. The largest absolute Gasteiger partial charge is 0.349 e. The predicted octanol–water partition coefficient (Wildman–Crippen LogP) is 3.79. The Hall–Kier alpha value is -2.31. The summed E-state index contributed by atoms with van der Waals surface area (Å²) < 4.78 is 28.0. The highest BCUT2D eigenvalue weighted by molar-refractivity contribution is 7.97. The number of amides is 1. The van der Waals surface area contributed by atoms with E-state index in [-0.39, 0.29) is 17.5 Å². The van der Waals surface area contributed by atoms with E-state index in [1.54, 1.807) is 51.1 Å². The van der Waals surface area contributed by atoms with E-state index < -0.39 is 15.9 Å². The van der Waals surface area contributed by atoms with E-state index in [2.05, 4.69) is 5.32 Å². The third kappa shape index (κ3) is 3.47. The molecule has 0 fully saturated rings. The molecule has 0 saturated carbocycles. The van der Waals surface area contributed by atoms with Gasteiger partial charge in [0.15, 0.2) is 4.91 Å². The molecule has 1 aliphatic rings. The zero-order valence-corrected chi connectivity index (χ0v) is 16.9. The molecular weight excluding hydrogens is 384 g/mol. The van der Waals surface area contributed by atoms with Crippen LogP contribution in [0.15, 0.2) is 53.4 Å². The van der Waals surface area contributed by atoms with Gasteiger partial charge in [0.1, 0.15) is 0 Å². The van der Waals surface area contributed by atoms with E-state index in [1.165, 1.54) is 4.31 Å². The van der Waals surface area contributed by atoms with Crippen LogP contribution in [0.2, 0.25) is 5.02 Å². The van der Waals surface area contributed by atoms with Crippen molar-refractivity contribution >= 4 is 38.8 Å². The zero-order valence-electron chi connectivity index (χ0n) is 15.4. The fraction of sp³-hybridized carbons (Fsp3) is 0.250. The normalized spacial score (nSPS) is 15.7. The van der Waals surface area contributed by atoms with Crippen LogP contribution in [0.25, 0.3) is 5.57 Å². The van der Waals surface area contributed by atoms with E-state index in [0.29, 0.717) is 27.4 Å². The smallest absolute Gasteiger partial charge is 0.270 e. The first-order chi connectivity index (χ1) is 12.8. The maximum absolute atomic E-state index is 13.4. The standard InChI is InChI=1S/C20H21ClN2O3S/c1-4-23-17-11-10-15(21)12-16(17)18(14-8-6-5-7-9-14)19(27(23,25)26)20(24)22-13(2)3/h5-13H,4H2,1-3H3,(H,22,24). The molecule has 0 unspecified atom stereocenters. The average Bonchev–Trinajstić information content (AvgIpc) is 2.60. The maximum atomic E-state index is 13.4. The van der Waals surface area contributed by atoms with Gasteiger partial charge in [-0.15, -0.1) is 0 Å². The fourth-order valence-electron chi connectivity index (χ4n) is 3.21. The van der Waals surface area contributed by atoms with Crippen LogP contribution in [0, 0.1) is 0 Å². The van der Waals surface area contributed by atoms with Crippen molar-refractivity contribution in [3.63, 3.8) is 0 Å². The second kappa shape index (κ2) is 7.37. The van der Waals surface area contributed by atoms with Crippen molar-refractivity contribution in [1.29, 1.82) is 0 Å². The molecular formula is C20H21ClN2O3S. The van der Waals surface area contributed by atoms with Crippen LogP contribution in [0.1, 0.15) is 31.9 Å². The van der Waals surface area contributed by atoms with Gasteiger partial charge >= 0.3 is 0 Å². The summed E-state index contributed by atoms with van der Waals surface area (Å²) in [6.07, 6.45) is 0. The predicted molar refractivity (Wildman–Crippen MR) is 109 cm³/mol. The number of nitrogens with one attached hydrogen (secondary N) is 1. The van der Waals surface area contributed by atoms with Crippen LogP contribution in [0.5, 0.6) is 0 Å². The average molecular weight is 405 g/mol. The Morgan fingerprint density at radius 3 is 2.41 bits per heavy atom. The molecule has 1 amide bonds. The van der Waals surface area contributed by atoms with Gasteiger partial charge in [0.05, 0.1) is 5.69 Å². The van der Waals surface area contributed by atoms with E-state index in [0.717, 1.165) is 0 Å². The molecule has 0 bridgehead atoms. The summed E-state index contributed by atoms with van der Waals surface area (Å²) in [5.41, 5.74) is 2.16. The maximum Gasteiger partial charge on any atom is 0.270 e. The molecule has 0 saturated heterocycles.